The monoisotopic (exact) mass is 349 g/mol. The van der Waals surface area contributed by atoms with Gasteiger partial charge in [-0.1, -0.05) is 42.5 Å². The minimum Gasteiger partial charge on any atom is -0.345 e. The molecule has 1 aliphatic rings. The topological polar surface area (TPSA) is 46.9 Å². The van der Waals surface area contributed by atoms with Crippen molar-refractivity contribution in [2.24, 2.45) is 5.92 Å². The second-order valence-electron chi connectivity index (χ2n) is 6.71. The molecule has 0 bridgehead atoms. The number of nitrogens with zero attached hydrogens (tertiary/aromatic N) is 2. The number of nitrogens with one attached hydrogen (secondary N) is 1. The molecule has 4 rings (SSSR count). The molecule has 0 radical (unpaired) electrons. The molecule has 3 aromatic rings. The van der Waals surface area contributed by atoms with Gasteiger partial charge in [-0.25, -0.2) is 9.07 Å². The fourth-order valence-electron chi connectivity index (χ4n) is 3.28. The van der Waals surface area contributed by atoms with Crippen LogP contribution in [0.5, 0.6) is 0 Å². The number of amides is 1. The standard InChI is InChI=1S/C21H20FN3O/c1-14-17(13-23-25(14)19-10-6-5-9-18(19)22)21(26)24-20(16-11-12-16)15-7-3-2-4-8-15/h2-10,13,16,20H,11-12H2,1H3,(H,24,26). The SMILES string of the molecule is Cc1c(C(=O)NC(c2ccccc2)C2CC2)cnn1-c1ccccc1F. The normalized spacial score (nSPS) is 14.8. The summed E-state index contributed by atoms with van der Waals surface area (Å²) < 4.78 is 15.5. The number of rotatable bonds is 5. The third-order valence-corrected chi connectivity index (χ3v) is 4.87. The number of carbonyl (C=O) groups is 1. The number of carbonyl (C=O) groups excluding carboxylic acids is 1. The fourth-order valence-corrected chi connectivity index (χ4v) is 3.28. The van der Waals surface area contributed by atoms with E-state index in [0.717, 1.165) is 18.4 Å². The van der Waals surface area contributed by atoms with Crippen molar-refractivity contribution in [3.8, 4) is 5.69 Å². The van der Waals surface area contributed by atoms with Crippen LogP contribution < -0.4 is 5.32 Å². The van der Waals surface area contributed by atoms with Crippen LogP contribution in [0.3, 0.4) is 0 Å². The molecule has 132 valence electrons. The molecular formula is C21H20FN3O. The van der Waals surface area contributed by atoms with E-state index in [2.05, 4.69) is 10.4 Å². The zero-order chi connectivity index (χ0) is 18.1. The summed E-state index contributed by atoms with van der Waals surface area (Å²) in [5, 5.41) is 7.37. The maximum Gasteiger partial charge on any atom is 0.255 e. The van der Waals surface area contributed by atoms with Crippen LogP contribution in [0.4, 0.5) is 4.39 Å². The van der Waals surface area contributed by atoms with Crippen molar-refractivity contribution in [1.82, 2.24) is 15.1 Å². The second-order valence-corrected chi connectivity index (χ2v) is 6.71. The zero-order valence-electron chi connectivity index (χ0n) is 14.5. The Hall–Kier alpha value is -2.95. The van der Waals surface area contributed by atoms with Gasteiger partial charge in [-0.15, -0.1) is 0 Å². The van der Waals surface area contributed by atoms with E-state index in [1.807, 2.05) is 30.3 Å². The van der Waals surface area contributed by atoms with Crippen LogP contribution in [0, 0.1) is 18.7 Å². The van der Waals surface area contributed by atoms with Gasteiger partial charge >= 0.3 is 0 Å². The molecule has 1 unspecified atom stereocenters. The summed E-state index contributed by atoms with van der Waals surface area (Å²) in [4.78, 5) is 12.9. The Kier molecular flexibility index (Phi) is 4.29. The van der Waals surface area contributed by atoms with Gasteiger partial charge in [0.25, 0.3) is 5.91 Å². The molecule has 1 fully saturated rings. The number of benzene rings is 2. The first-order valence-electron chi connectivity index (χ1n) is 8.80. The van der Waals surface area contributed by atoms with Crippen molar-refractivity contribution >= 4 is 5.91 Å². The van der Waals surface area contributed by atoms with E-state index in [-0.39, 0.29) is 17.8 Å². The molecule has 2 aromatic carbocycles. The van der Waals surface area contributed by atoms with Gasteiger partial charge in [-0.2, -0.15) is 5.10 Å². The van der Waals surface area contributed by atoms with Gasteiger partial charge in [0.05, 0.1) is 23.5 Å². The summed E-state index contributed by atoms with van der Waals surface area (Å²) >= 11 is 0. The fraction of sp³-hybridized carbons (Fsp3) is 0.238. The van der Waals surface area contributed by atoms with Crippen LogP contribution in [-0.4, -0.2) is 15.7 Å². The molecule has 0 aliphatic heterocycles. The summed E-state index contributed by atoms with van der Waals surface area (Å²) in [7, 11) is 0. The van der Waals surface area contributed by atoms with Crippen LogP contribution in [0.15, 0.2) is 60.8 Å². The molecule has 0 saturated heterocycles. The van der Waals surface area contributed by atoms with Crippen molar-refractivity contribution < 1.29 is 9.18 Å². The first-order valence-corrected chi connectivity index (χ1v) is 8.80. The van der Waals surface area contributed by atoms with Gasteiger partial charge < -0.3 is 5.32 Å². The highest BCUT2D eigenvalue weighted by atomic mass is 19.1. The lowest BCUT2D eigenvalue weighted by Crippen LogP contribution is -2.30. The summed E-state index contributed by atoms with van der Waals surface area (Å²) in [6.07, 6.45) is 3.74. The lowest BCUT2D eigenvalue weighted by Gasteiger charge is -2.18. The lowest BCUT2D eigenvalue weighted by atomic mass is 10.0. The molecule has 1 aliphatic carbocycles. The highest BCUT2D eigenvalue weighted by Gasteiger charge is 2.34. The van der Waals surface area contributed by atoms with E-state index in [4.69, 9.17) is 0 Å². The van der Waals surface area contributed by atoms with Crippen molar-refractivity contribution in [3.63, 3.8) is 0 Å². The van der Waals surface area contributed by atoms with E-state index in [1.165, 1.54) is 16.9 Å². The quantitative estimate of drug-likeness (QED) is 0.750. The lowest BCUT2D eigenvalue weighted by molar-refractivity contribution is 0.0931. The number of halogens is 1. The van der Waals surface area contributed by atoms with Crippen LogP contribution in [0.25, 0.3) is 5.69 Å². The number of para-hydroxylation sites is 1. The Morgan fingerprint density at radius 1 is 1.15 bits per heavy atom. The van der Waals surface area contributed by atoms with E-state index in [1.54, 1.807) is 25.1 Å². The molecule has 5 heteroatoms. The first-order chi connectivity index (χ1) is 12.6. The van der Waals surface area contributed by atoms with E-state index >= 15 is 0 Å². The highest BCUT2D eigenvalue weighted by molar-refractivity contribution is 5.95. The van der Waals surface area contributed by atoms with Crippen molar-refractivity contribution in [2.75, 3.05) is 0 Å². The minimum atomic E-state index is -0.370. The van der Waals surface area contributed by atoms with Crippen LogP contribution in [-0.2, 0) is 0 Å². The Balaban J connectivity index is 1.60. The average molecular weight is 349 g/mol. The Bertz CT molecular complexity index is 931. The third-order valence-electron chi connectivity index (χ3n) is 4.87. The van der Waals surface area contributed by atoms with Gasteiger partial charge in [0.2, 0.25) is 0 Å². The Labute approximate surface area is 151 Å². The van der Waals surface area contributed by atoms with Gasteiger partial charge in [-0.05, 0) is 43.4 Å². The molecule has 1 atom stereocenters. The Morgan fingerprint density at radius 3 is 2.54 bits per heavy atom. The van der Waals surface area contributed by atoms with E-state index in [0.29, 0.717) is 22.9 Å². The molecule has 0 spiro atoms. The predicted molar refractivity (Wildman–Crippen MR) is 97.6 cm³/mol. The summed E-state index contributed by atoms with van der Waals surface area (Å²) in [5.41, 5.74) is 2.54. The smallest absolute Gasteiger partial charge is 0.255 e. The molecule has 1 saturated carbocycles. The number of hydrogen-bond acceptors (Lipinski definition) is 2. The van der Waals surface area contributed by atoms with E-state index < -0.39 is 0 Å². The van der Waals surface area contributed by atoms with Gasteiger partial charge in [0, 0.05) is 0 Å². The Morgan fingerprint density at radius 2 is 1.85 bits per heavy atom. The van der Waals surface area contributed by atoms with Crippen LogP contribution >= 0.6 is 0 Å². The summed E-state index contributed by atoms with van der Waals surface area (Å²) in [6, 6.07) is 16.4. The summed E-state index contributed by atoms with van der Waals surface area (Å²) in [6.45, 7) is 1.78. The molecule has 1 N–H and O–H groups in total. The molecule has 26 heavy (non-hydrogen) atoms. The predicted octanol–water partition coefficient (Wildman–Crippen LogP) is 4.20. The molecule has 1 heterocycles. The average Bonchev–Trinajstić information content (AvgIpc) is 3.43. The minimum absolute atomic E-state index is 0.0000820. The van der Waals surface area contributed by atoms with Gasteiger partial charge in [-0.3, -0.25) is 4.79 Å². The highest BCUT2D eigenvalue weighted by Crippen LogP contribution is 2.41. The van der Waals surface area contributed by atoms with E-state index in [9.17, 15) is 9.18 Å². The zero-order valence-corrected chi connectivity index (χ0v) is 14.5. The second kappa shape index (κ2) is 6.75. The largest absolute Gasteiger partial charge is 0.345 e. The third kappa shape index (κ3) is 3.12. The first kappa shape index (κ1) is 16.5. The number of hydrogen-bond donors (Lipinski definition) is 1. The van der Waals surface area contributed by atoms with Crippen LogP contribution in [0.1, 0.15) is 40.5 Å². The number of aromatic nitrogens is 2. The van der Waals surface area contributed by atoms with Crippen molar-refractivity contribution in [3.05, 3.63) is 83.4 Å². The van der Waals surface area contributed by atoms with Crippen molar-refractivity contribution in [2.45, 2.75) is 25.8 Å². The van der Waals surface area contributed by atoms with Crippen LogP contribution in [0.2, 0.25) is 0 Å². The maximum absolute atomic E-state index is 14.0. The molecule has 1 aromatic heterocycles. The van der Waals surface area contributed by atoms with Gasteiger partial charge in [0.15, 0.2) is 0 Å². The van der Waals surface area contributed by atoms with Gasteiger partial charge in [0.1, 0.15) is 11.5 Å². The summed E-state index contributed by atoms with van der Waals surface area (Å²) in [5.74, 6) is -0.0695. The van der Waals surface area contributed by atoms with Crippen molar-refractivity contribution in [1.29, 1.82) is 0 Å². The molecule has 1 amide bonds. The maximum atomic E-state index is 14.0. The molecule has 4 nitrogen and oxygen atoms in total. The molecular weight excluding hydrogens is 329 g/mol.